The number of nitrogens with one attached hydrogen (secondary N) is 1. The van der Waals surface area contributed by atoms with Crippen LogP contribution in [0.3, 0.4) is 0 Å². The third-order valence-electron chi connectivity index (χ3n) is 5.99. The molecular formula is C32H33NO10. The lowest BCUT2D eigenvalue weighted by Gasteiger charge is -2.14. The molecule has 0 aliphatic heterocycles. The Labute approximate surface area is 247 Å². The minimum Gasteiger partial charge on any atom is -0.493 e. The molecule has 43 heavy (non-hydrogen) atoms. The van der Waals surface area contributed by atoms with Gasteiger partial charge in [-0.2, -0.15) is 0 Å². The summed E-state index contributed by atoms with van der Waals surface area (Å²) in [6.45, 7) is 1.18. The Kier molecular flexibility index (Phi) is 12.3. The minimum atomic E-state index is -1.26. The summed E-state index contributed by atoms with van der Waals surface area (Å²) in [4.78, 5) is 31.6. The lowest BCUT2D eigenvalue weighted by molar-refractivity contribution is -0.134. The molecule has 3 aromatic carbocycles. The third kappa shape index (κ3) is 10.3. The molecule has 4 N–H and O–H groups in total. The van der Waals surface area contributed by atoms with Crippen molar-refractivity contribution in [2.45, 2.75) is 12.5 Å². The van der Waals surface area contributed by atoms with E-state index in [0.717, 1.165) is 17.5 Å². The largest absolute Gasteiger partial charge is 0.493 e. The highest BCUT2D eigenvalue weighted by atomic mass is 16.5. The van der Waals surface area contributed by atoms with Crippen LogP contribution in [0.25, 0.3) is 22.3 Å². The van der Waals surface area contributed by atoms with Crippen molar-refractivity contribution in [3.8, 4) is 28.6 Å². The fourth-order valence-corrected chi connectivity index (χ4v) is 3.90. The molecule has 11 heteroatoms. The number of carboxylic acids is 2. The summed E-state index contributed by atoms with van der Waals surface area (Å²) >= 11 is 0. The molecule has 1 unspecified atom stereocenters. The molecule has 1 aromatic heterocycles. The van der Waals surface area contributed by atoms with Gasteiger partial charge in [0.15, 0.2) is 16.9 Å². The topological polar surface area (TPSA) is 165 Å². The number of hydrogen-bond donors (Lipinski definition) is 4. The van der Waals surface area contributed by atoms with E-state index in [1.807, 2.05) is 48.5 Å². The summed E-state index contributed by atoms with van der Waals surface area (Å²) in [6.07, 6.45) is 1.20. The molecule has 0 aliphatic carbocycles. The molecule has 4 aromatic rings. The zero-order chi connectivity index (χ0) is 31.2. The van der Waals surface area contributed by atoms with Crippen LogP contribution in [0, 0.1) is 0 Å². The van der Waals surface area contributed by atoms with Gasteiger partial charge in [-0.1, -0.05) is 36.4 Å². The molecule has 226 valence electrons. The van der Waals surface area contributed by atoms with Crippen LogP contribution in [0.1, 0.15) is 5.56 Å². The Hall–Kier alpha value is -5.13. The number of carbonyl (C=O) groups is 2. The van der Waals surface area contributed by atoms with Gasteiger partial charge in [0.05, 0.1) is 19.6 Å². The van der Waals surface area contributed by atoms with E-state index < -0.39 is 18.0 Å². The standard InChI is InChI=1S/C28H29NO6.C4H4O4/c1-32-25-11-8-19(14-28(25)33-2)12-13-29-17-21(30)18-34-22-9-10-23-24(31)16-26(35-27(23)15-22)20-6-4-3-5-7-20;5-3(6)1-2-4(7)8/h3-11,14-16,21,29-30H,12-13,17-18H2,1-2H3;1-2H,(H,5,6)(H,7,8)/b;2-1-. The number of methoxy groups -OCH3 is 2. The number of fused-ring (bicyclic) bond motifs is 1. The number of hydrogen-bond acceptors (Lipinski definition) is 9. The lowest BCUT2D eigenvalue weighted by Crippen LogP contribution is -2.32. The Morgan fingerprint density at radius 1 is 0.907 bits per heavy atom. The molecule has 0 amide bonds. The van der Waals surface area contributed by atoms with Crippen molar-refractivity contribution in [2.75, 3.05) is 33.9 Å². The zero-order valence-corrected chi connectivity index (χ0v) is 23.7. The highest BCUT2D eigenvalue weighted by molar-refractivity contribution is 5.89. The molecule has 0 fully saturated rings. The molecule has 4 rings (SSSR count). The highest BCUT2D eigenvalue weighted by Crippen LogP contribution is 2.28. The summed E-state index contributed by atoms with van der Waals surface area (Å²) in [5.74, 6) is -0.101. The summed E-state index contributed by atoms with van der Waals surface area (Å²) in [7, 11) is 3.22. The maximum atomic E-state index is 12.5. The van der Waals surface area contributed by atoms with E-state index in [9.17, 15) is 19.5 Å². The van der Waals surface area contributed by atoms with Gasteiger partial charge in [0, 0.05) is 36.4 Å². The molecule has 1 heterocycles. The fraction of sp³-hybridized carbons (Fsp3) is 0.219. The fourth-order valence-electron chi connectivity index (χ4n) is 3.90. The van der Waals surface area contributed by atoms with Gasteiger partial charge in [-0.15, -0.1) is 0 Å². The first-order chi connectivity index (χ1) is 20.7. The van der Waals surface area contributed by atoms with Gasteiger partial charge >= 0.3 is 11.9 Å². The molecule has 0 aliphatic rings. The SMILES string of the molecule is COc1ccc(CCNCC(O)COc2ccc3c(=O)cc(-c4ccccc4)oc3c2)cc1OC.O=C(O)/C=C\C(=O)O. The lowest BCUT2D eigenvalue weighted by atomic mass is 10.1. The van der Waals surface area contributed by atoms with Gasteiger partial charge in [-0.3, -0.25) is 4.79 Å². The normalized spacial score (nSPS) is 11.4. The first-order valence-corrected chi connectivity index (χ1v) is 13.2. The second kappa shape index (κ2) is 16.3. The smallest absolute Gasteiger partial charge is 0.328 e. The second-order valence-corrected chi connectivity index (χ2v) is 9.12. The average molecular weight is 592 g/mol. The van der Waals surface area contributed by atoms with Gasteiger partial charge in [-0.25, -0.2) is 9.59 Å². The van der Waals surface area contributed by atoms with Gasteiger partial charge in [0.1, 0.15) is 29.8 Å². The van der Waals surface area contributed by atoms with Gasteiger partial charge in [0.2, 0.25) is 0 Å². The number of benzene rings is 3. The average Bonchev–Trinajstić information content (AvgIpc) is 3.01. The molecule has 1 atom stereocenters. The maximum absolute atomic E-state index is 12.5. The zero-order valence-electron chi connectivity index (χ0n) is 23.7. The Morgan fingerprint density at radius 2 is 1.60 bits per heavy atom. The monoisotopic (exact) mass is 591 g/mol. The van der Waals surface area contributed by atoms with E-state index in [2.05, 4.69) is 5.32 Å². The first-order valence-electron chi connectivity index (χ1n) is 13.2. The number of carboxylic acid groups (broad SMARTS) is 2. The highest BCUT2D eigenvalue weighted by Gasteiger charge is 2.10. The summed E-state index contributed by atoms with van der Waals surface area (Å²) in [5, 5.41) is 29.7. The van der Waals surface area contributed by atoms with Crippen molar-refractivity contribution in [2.24, 2.45) is 0 Å². The van der Waals surface area contributed by atoms with Crippen LogP contribution in [-0.4, -0.2) is 67.3 Å². The van der Waals surface area contributed by atoms with Gasteiger partial charge in [0.25, 0.3) is 0 Å². The van der Waals surface area contributed by atoms with E-state index in [1.54, 1.807) is 32.4 Å². The van der Waals surface area contributed by atoms with Crippen molar-refractivity contribution in [3.05, 3.63) is 101 Å². The molecule has 0 saturated carbocycles. The van der Waals surface area contributed by atoms with E-state index >= 15 is 0 Å². The third-order valence-corrected chi connectivity index (χ3v) is 5.99. The number of aliphatic carboxylic acids is 2. The van der Waals surface area contributed by atoms with Crippen LogP contribution >= 0.6 is 0 Å². The number of aliphatic hydroxyl groups is 1. The van der Waals surface area contributed by atoms with E-state index in [1.165, 1.54) is 6.07 Å². The number of ether oxygens (including phenoxy) is 3. The molecule has 0 radical (unpaired) electrons. The number of rotatable bonds is 13. The van der Waals surface area contributed by atoms with Gasteiger partial charge in [-0.05, 0) is 42.8 Å². The van der Waals surface area contributed by atoms with Crippen LogP contribution < -0.4 is 25.0 Å². The quantitative estimate of drug-likeness (QED) is 0.132. The van der Waals surface area contributed by atoms with Crippen molar-refractivity contribution < 1.29 is 43.5 Å². The van der Waals surface area contributed by atoms with E-state index in [-0.39, 0.29) is 12.0 Å². The van der Waals surface area contributed by atoms with Crippen LogP contribution in [0.5, 0.6) is 17.2 Å². The predicted molar refractivity (Wildman–Crippen MR) is 160 cm³/mol. The summed E-state index contributed by atoms with van der Waals surface area (Å²) < 4.78 is 22.3. The van der Waals surface area contributed by atoms with Crippen LogP contribution in [0.4, 0.5) is 0 Å². The predicted octanol–water partition coefficient (Wildman–Crippen LogP) is 3.76. The van der Waals surface area contributed by atoms with E-state index in [0.29, 0.717) is 59.2 Å². The molecule has 0 spiro atoms. The minimum absolute atomic E-state index is 0.109. The first kappa shape index (κ1) is 32.4. The van der Waals surface area contributed by atoms with Crippen LogP contribution in [-0.2, 0) is 16.0 Å². The maximum Gasteiger partial charge on any atom is 0.328 e. The Bertz CT molecular complexity index is 1580. The van der Waals surface area contributed by atoms with Crippen molar-refractivity contribution in [1.82, 2.24) is 5.32 Å². The Morgan fingerprint density at radius 3 is 2.26 bits per heavy atom. The number of aliphatic hydroxyl groups excluding tert-OH is 1. The van der Waals surface area contributed by atoms with Gasteiger partial charge < -0.3 is 39.3 Å². The van der Waals surface area contributed by atoms with Crippen molar-refractivity contribution in [1.29, 1.82) is 0 Å². The molecular weight excluding hydrogens is 558 g/mol. The molecule has 0 saturated heterocycles. The van der Waals surface area contributed by atoms with Crippen molar-refractivity contribution in [3.63, 3.8) is 0 Å². The van der Waals surface area contributed by atoms with E-state index in [4.69, 9.17) is 28.8 Å². The van der Waals surface area contributed by atoms with Crippen LogP contribution in [0.2, 0.25) is 0 Å². The van der Waals surface area contributed by atoms with Crippen LogP contribution in [0.15, 0.2) is 94.2 Å². The summed E-state index contributed by atoms with van der Waals surface area (Å²) in [5.41, 5.74) is 2.26. The van der Waals surface area contributed by atoms with Crippen molar-refractivity contribution >= 4 is 22.9 Å². The Balaban J connectivity index is 0.000000557. The molecule has 11 nitrogen and oxygen atoms in total. The summed E-state index contributed by atoms with van der Waals surface area (Å²) in [6, 6.07) is 21.8. The molecule has 0 bridgehead atoms. The second-order valence-electron chi connectivity index (χ2n) is 9.12.